The lowest BCUT2D eigenvalue weighted by atomic mass is 9.97. The van der Waals surface area contributed by atoms with Crippen LogP contribution in [-0.2, 0) is 0 Å². The predicted octanol–water partition coefficient (Wildman–Crippen LogP) is 5.48. The molecule has 3 aromatic rings. The molecule has 0 aliphatic carbocycles. The third-order valence-corrected chi connectivity index (χ3v) is 6.80. The number of aryl methyl sites for hydroxylation is 2. The number of amides is 1. The Labute approximate surface area is 207 Å². The van der Waals surface area contributed by atoms with Crippen LogP contribution >= 0.6 is 0 Å². The molecule has 0 bridgehead atoms. The molecule has 0 spiro atoms. The lowest BCUT2D eigenvalue weighted by molar-refractivity contribution is 0.0722. The Morgan fingerprint density at radius 3 is 2.40 bits per heavy atom. The average molecular weight is 477 g/mol. The van der Waals surface area contributed by atoms with E-state index in [0.717, 1.165) is 54.7 Å². The zero-order chi connectivity index (χ0) is 25.1. The highest BCUT2D eigenvalue weighted by atomic mass is 16.5. The molecule has 1 aliphatic heterocycles. The summed E-state index contributed by atoms with van der Waals surface area (Å²) in [4.78, 5) is 31.1. The lowest BCUT2D eigenvalue weighted by Crippen LogP contribution is -2.32. The van der Waals surface area contributed by atoms with Gasteiger partial charge in [-0.3, -0.25) is 9.59 Å². The van der Waals surface area contributed by atoms with Gasteiger partial charge in [0.2, 0.25) is 5.76 Å². The number of carbonyl (C=O) groups is 1. The summed E-state index contributed by atoms with van der Waals surface area (Å²) in [6, 6.07) is 11.0. The zero-order valence-corrected chi connectivity index (χ0v) is 21.5. The first-order chi connectivity index (χ1) is 16.8. The summed E-state index contributed by atoms with van der Waals surface area (Å²) < 4.78 is 12.0. The van der Waals surface area contributed by atoms with Crippen molar-refractivity contribution in [3.63, 3.8) is 0 Å². The van der Waals surface area contributed by atoms with Crippen LogP contribution in [0.5, 0.6) is 5.75 Å². The van der Waals surface area contributed by atoms with E-state index in [4.69, 9.17) is 9.15 Å². The second-order valence-corrected chi connectivity index (χ2v) is 9.79. The fourth-order valence-corrected chi connectivity index (χ4v) is 4.70. The molecular formula is C29H36N2O4. The smallest absolute Gasteiger partial charge is 0.290 e. The summed E-state index contributed by atoms with van der Waals surface area (Å²) in [5.74, 6) is 0.742. The van der Waals surface area contributed by atoms with Crippen molar-refractivity contribution < 1.29 is 13.9 Å². The first-order valence-corrected chi connectivity index (χ1v) is 12.6. The molecule has 6 nitrogen and oxygen atoms in total. The van der Waals surface area contributed by atoms with E-state index in [9.17, 15) is 9.59 Å². The number of benzene rings is 2. The third kappa shape index (κ3) is 5.13. The van der Waals surface area contributed by atoms with E-state index in [1.54, 1.807) is 4.90 Å². The van der Waals surface area contributed by atoms with Crippen molar-refractivity contribution in [1.82, 2.24) is 9.80 Å². The Kier molecular flexibility index (Phi) is 7.60. The number of unbranched alkanes of at least 4 members (excludes halogenated alkanes) is 2. The summed E-state index contributed by atoms with van der Waals surface area (Å²) in [6.45, 7) is 8.20. The van der Waals surface area contributed by atoms with Gasteiger partial charge in [0.15, 0.2) is 5.43 Å². The van der Waals surface area contributed by atoms with Gasteiger partial charge in [-0.15, -0.1) is 0 Å². The number of hydrogen-bond donors (Lipinski definition) is 0. The Morgan fingerprint density at radius 1 is 1.00 bits per heavy atom. The highest BCUT2D eigenvalue weighted by Crippen LogP contribution is 2.39. The third-order valence-electron chi connectivity index (χ3n) is 6.80. The van der Waals surface area contributed by atoms with Crippen LogP contribution in [0.25, 0.3) is 11.0 Å². The van der Waals surface area contributed by atoms with Crippen LogP contribution in [0.4, 0.5) is 0 Å². The Balaban J connectivity index is 1.74. The highest BCUT2D eigenvalue weighted by Gasteiger charge is 2.42. The molecule has 1 aliphatic rings. The molecule has 0 radical (unpaired) electrons. The van der Waals surface area contributed by atoms with Crippen LogP contribution in [0.2, 0.25) is 0 Å². The molecule has 6 heteroatoms. The van der Waals surface area contributed by atoms with Crippen LogP contribution in [0.1, 0.15) is 71.5 Å². The number of nitrogens with zero attached hydrogens (tertiary/aromatic N) is 2. The molecule has 2 heterocycles. The summed E-state index contributed by atoms with van der Waals surface area (Å²) >= 11 is 0. The minimum Gasteiger partial charge on any atom is -0.494 e. The standard InChI is InChI=1S/C29H36N2O4/c1-6-7-8-16-34-22-12-10-21(11-13-22)26-25-27(32)23-17-19(2)20(3)18-24(23)35-28(25)29(33)31(26)15-9-14-30(4)5/h10-13,17-18,26H,6-9,14-16H2,1-5H3. The van der Waals surface area contributed by atoms with Crippen LogP contribution in [0, 0.1) is 13.8 Å². The number of fused-ring (bicyclic) bond motifs is 2. The van der Waals surface area contributed by atoms with Crippen molar-refractivity contribution in [3.05, 3.63) is 74.6 Å². The monoisotopic (exact) mass is 476 g/mol. The molecular weight excluding hydrogens is 440 g/mol. The van der Waals surface area contributed by atoms with Gasteiger partial charge < -0.3 is 19.0 Å². The minimum atomic E-state index is -0.476. The number of ether oxygens (including phenoxy) is 1. The second-order valence-electron chi connectivity index (χ2n) is 9.79. The molecule has 186 valence electrons. The fraction of sp³-hybridized carbons (Fsp3) is 0.448. The number of hydrogen-bond acceptors (Lipinski definition) is 5. The van der Waals surface area contributed by atoms with Gasteiger partial charge >= 0.3 is 0 Å². The average Bonchev–Trinajstić information content (AvgIpc) is 3.10. The van der Waals surface area contributed by atoms with Gasteiger partial charge in [-0.25, -0.2) is 0 Å². The highest BCUT2D eigenvalue weighted by molar-refractivity contribution is 5.99. The van der Waals surface area contributed by atoms with Gasteiger partial charge in [-0.1, -0.05) is 31.9 Å². The first kappa shape index (κ1) is 25.0. The predicted molar refractivity (Wildman–Crippen MR) is 139 cm³/mol. The Morgan fingerprint density at radius 2 is 1.71 bits per heavy atom. The van der Waals surface area contributed by atoms with Gasteiger partial charge in [0.25, 0.3) is 5.91 Å². The lowest BCUT2D eigenvalue weighted by Gasteiger charge is -2.26. The number of rotatable bonds is 10. The molecule has 1 amide bonds. The maximum atomic E-state index is 13.7. The number of carbonyl (C=O) groups excluding carboxylic acids is 1. The normalized spacial score (nSPS) is 15.3. The van der Waals surface area contributed by atoms with E-state index in [0.29, 0.717) is 29.7 Å². The van der Waals surface area contributed by atoms with Crippen LogP contribution < -0.4 is 10.2 Å². The zero-order valence-electron chi connectivity index (χ0n) is 21.5. The largest absolute Gasteiger partial charge is 0.494 e. The van der Waals surface area contributed by atoms with Crippen molar-refractivity contribution in [3.8, 4) is 5.75 Å². The maximum Gasteiger partial charge on any atom is 0.290 e. The topological polar surface area (TPSA) is 63.0 Å². The van der Waals surface area contributed by atoms with E-state index in [1.165, 1.54) is 0 Å². The second kappa shape index (κ2) is 10.6. The molecule has 4 rings (SSSR count). The van der Waals surface area contributed by atoms with E-state index in [-0.39, 0.29) is 17.1 Å². The van der Waals surface area contributed by atoms with Crippen LogP contribution in [-0.4, -0.2) is 49.5 Å². The minimum absolute atomic E-state index is 0.127. The molecule has 2 aromatic carbocycles. The van der Waals surface area contributed by atoms with E-state index < -0.39 is 6.04 Å². The molecule has 0 fully saturated rings. The summed E-state index contributed by atoms with van der Waals surface area (Å²) in [5, 5.41) is 0.524. The van der Waals surface area contributed by atoms with Crippen molar-refractivity contribution in [2.75, 3.05) is 33.8 Å². The molecule has 0 N–H and O–H groups in total. The summed E-state index contributed by atoms with van der Waals surface area (Å²) in [6.07, 6.45) is 4.12. The molecule has 1 unspecified atom stereocenters. The maximum absolute atomic E-state index is 13.7. The van der Waals surface area contributed by atoms with Gasteiger partial charge in [-0.2, -0.15) is 0 Å². The van der Waals surface area contributed by atoms with Gasteiger partial charge in [0, 0.05) is 6.54 Å². The van der Waals surface area contributed by atoms with Crippen molar-refractivity contribution in [2.45, 2.75) is 52.5 Å². The first-order valence-electron chi connectivity index (χ1n) is 12.6. The van der Waals surface area contributed by atoms with Crippen molar-refractivity contribution in [1.29, 1.82) is 0 Å². The molecule has 1 aromatic heterocycles. The van der Waals surface area contributed by atoms with E-state index >= 15 is 0 Å². The van der Waals surface area contributed by atoms with Gasteiger partial charge in [0.1, 0.15) is 11.3 Å². The summed E-state index contributed by atoms with van der Waals surface area (Å²) in [7, 11) is 4.03. The fourth-order valence-electron chi connectivity index (χ4n) is 4.70. The Hall–Kier alpha value is -3.12. The summed E-state index contributed by atoms with van der Waals surface area (Å²) in [5.41, 5.74) is 3.72. The molecule has 0 saturated heterocycles. The van der Waals surface area contributed by atoms with Crippen molar-refractivity contribution >= 4 is 16.9 Å². The quantitative estimate of drug-likeness (QED) is 0.363. The van der Waals surface area contributed by atoms with Crippen LogP contribution in [0.3, 0.4) is 0 Å². The SMILES string of the molecule is CCCCCOc1ccc(C2c3c(oc4cc(C)c(C)cc4c3=O)C(=O)N2CCCN(C)C)cc1. The molecule has 1 atom stereocenters. The Bertz CT molecular complexity index is 1260. The van der Waals surface area contributed by atoms with Gasteiger partial charge in [0.05, 0.1) is 23.6 Å². The van der Waals surface area contributed by atoms with Crippen molar-refractivity contribution in [2.24, 2.45) is 0 Å². The molecule has 35 heavy (non-hydrogen) atoms. The van der Waals surface area contributed by atoms with E-state index in [2.05, 4.69) is 11.8 Å². The van der Waals surface area contributed by atoms with Crippen LogP contribution in [0.15, 0.2) is 45.6 Å². The van der Waals surface area contributed by atoms with E-state index in [1.807, 2.05) is 64.3 Å². The van der Waals surface area contributed by atoms with Gasteiger partial charge in [-0.05, 0) is 88.3 Å². The molecule has 0 saturated carbocycles.